The summed E-state index contributed by atoms with van der Waals surface area (Å²) in [5, 5.41) is 15.0. The maximum atomic E-state index is 11.8. The van der Waals surface area contributed by atoms with Gasteiger partial charge in [-0.15, -0.1) is 0 Å². The van der Waals surface area contributed by atoms with Crippen LogP contribution in [0, 0.1) is 5.92 Å². The molecule has 3 N–H and O–H groups in total. The third kappa shape index (κ3) is 6.80. The second kappa shape index (κ2) is 9.30. The fourth-order valence-electron chi connectivity index (χ4n) is 2.29. The molecule has 0 fully saturated rings. The van der Waals surface area contributed by atoms with E-state index in [-0.39, 0.29) is 24.1 Å². The van der Waals surface area contributed by atoms with E-state index in [9.17, 15) is 9.90 Å². The number of hydrogen-bond donors (Lipinski definition) is 3. The number of urea groups is 1. The van der Waals surface area contributed by atoms with Crippen LogP contribution >= 0.6 is 0 Å². The molecule has 3 atom stereocenters. The van der Waals surface area contributed by atoms with Crippen LogP contribution in [-0.2, 0) is 0 Å². The lowest BCUT2D eigenvalue weighted by atomic mass is 10.1. The van der Waals surface area contributed by atoms with Gasteiger partial charge >= 0.3 is 6.03 Å². The average Bonchev–Trinajstić information content (AvgIpc) is 2.50. The number of aliphatic hydroxyl groups is 1. The van der Waals surface area contributed by atoms with Crippen molar-refractivity contribution in [3.8, 4) is 0 Å². The number of carbonyl (C=O) groups is 1. The molecule has 22 heavy (non-hydrogen) atoms. The molecular formula is C17H29N3O2. The standard InChI is InChI=1S/C17H29N3O2/c1-13(10-15(3)21)11-18-17(22)19-12-14(2)20(4)16-8-6-5-7-9-16/h5-9,13-15,21H,10-12H2,1-4H3,(H2,18,19,22). The Morgan fingerprint density at radius 3 is 2.32 bits per heavy atom. The van der Waals surface area contributed by atoms with E-state index in [1.54, 1.807) is 6.92 Å². The molecule has 1 aromatic carbocycles. The van der Waals surface area contributed by atoms with Gasteiger partial charge in [0.25, 0.3) is 0 Å². The normalized spacial score (nSPS) is 14.8. The van der Waals surface area contributed by atoms with Crippen molar-refractivity contribution in [2.24, 2.45) is 5.92 Å². The van der Waals surface area contributed by atoms with Crippen LogP contribution in [0.1, 0.15) is 27.2 Å². The summed E-state index contributed by atoms with van der Waals surface area (Å²) in [4.78, 5) is 13.9. The summed E-state index contributed by atoms with van der Waals surface area (Å²) in [5.41, 5.74) is 1.13. The van der Waals surface area contributed by atoms with Crippen molar-refractivity contribution in [1.29, 1.82) is 0 Å². The second-order valence-corrected chi connectivity index (χ2v) is 6.08. The van der Waals surface area contributed by atoms with E-state index in [4.69, 9.17) is 0 Å². The number of nitrogens with zero attached hydrogens (tertiary/aromatic N) is 1. The highest BCUT2D eigenvalue weighted by Gasteiger charge is 2.12. The SMILES string of the molecule is CC(O)CC(C)CNC(=O)NCC(C)N(C)c1ccccc1. The Morgan fingerprint density at radius 1 is 1.14 bits per heavy atom. The van der Waals surface area contributed by atoms with Crippen molar-refractivity contribution in [3.05, 3.63) is 30.3 Å². The van der Waals surface area contributed by atoms with Crippen molar-refractivity contribution in [2.75, 3.05) is 25.0 Å². The Bertz CT molecular complexity index is 437. The van der Waals surface area contributed by atoms with Gasteiger partial charge in [-0.25, -0.2) is 4.79 Å². The second-order valence-electron chi connectivity index (χ2n) is 6.08. The van der Waals surface area contributed by atoms with Gasteiger partial charge in [-0.05, 0) is 38.3 Å². The molecule has 0 saturated carbocycles. The van der Waals surface area contributed by atoms with E-state index in [0.717, 1.165) is 5.69 Å². The van der Waals surface area contributed by atoms with Crippen molar-refractivity contribution >= 4 is 11.7 Å². The van der Waals surface area contributed by atoms with Gasteiger partial charge in [0.15, 0.2) is 0 Å². The average molecular weight is 307 g/mol. The van der Waals surface area contributed by atoms with Gasteiger partial charge in [0.1, 0.15) is 0 Å². The highest BCUT2D eigenvalue weighted by molar-refractivity contribution is 5.73. The Kier molecular flexibility index (Phi) is 7.74. The molecule has 124 valence electrons. The summed E-state index contributed by atoms with van der Waals surface area (Å²) < 4.78 is 0. The van der Waals surface area contributed by atoms with Gasteiger partial charge in [0.2, 0.25) is 0 Å². The molecule has 0 radical (unpaired) electrons. The van der Waals surface area contributed by atoms with Crippen molar-refractivity contribution in [1.82, 2.24) is 10.6 Å². The first-order chi connectivity index (χ1) is 10.4. The van der Waals surface area contributed by atoms with E-state index in [1.165, 1.54) is 0 Å². The summed E-state index contributed by atoms with van der Waals surface area (Å²) in [6, 6.07) is 10.1. The fraction of sp³-hybridized carbons (Fsp3) is 0.588. The predicted molar refractivity (Wildman–Crippen MR) is 91.2 cm³/mol. The molecule has 2 amide bonds. The molecule has 0 aliphatic heterocycles. The van der Waals surface area contributed by atoms with E-state index in [0.29, 0.717) is 19.5 Å². The third-order valence-electron chi connectivity index (χ3n) is 3.74. The molecule has 0 aliphatic carbocycles. The van der Waals surface area contributed by atoms with Crippen molar-refractivity contribution in [2.45, 2.75) is 39.3 Å². The summed E-state index contributed by atoms with van der Waals surface area (Å²) >= 11 is 0. The van der Waals surface area contributed by atoms with Crippen LogP contribution in [0.2, 0.25) is 0 Å². The molecule has 1 rings (SSSR count). The molecule has 3 unspecified atom stereocenters. The molecule has 5 heteroatoms. The summed E-state index contributed by atoms with van der Waals surface area (Å²) in [7, 11) is 2.02. The number of nitrogens with one attached hydrogen (secondary N) is 2. The molecule has 1 aromatic rings. The number of amides is 2. The van der Waals surface area contributed by atoms with Crippen LogP contribution in [0.25, 0.3) is 0 Å². The Hall–Kier alpha value is -1.75. The first-order valence-corrected chi connectivity index (χ1v) is 7.87. The molecule has 0 heterocycles. The number of anilines is 1. The zero-order valence-electron chi connectivity index (χ0n) is 14.0. The predicted octanol–water partition coefficient (Wildman–Crippen LogP) is 2.22. The number of benzene rings is 1. The van der Waals surface area contributed by atoms with Crippen LogP contribution in [0.15, 0.2) is 30.3 Å². The van der Waals surface area contributed by atoms with Gasteiger partial charge in [-0.2, -0.15) is 0 Å². The van der Waals surface area contributed by atoms with Crippen LogP contribution in [0.4, 0.5) is 10.5 Å². The molecule has 0 aromatic heterocycles. The number of hydrogen-bond acceptors (Lipinski definition) is 3. The summed E-state index contributed by atoms with van der Waals surface area (Å²) in [5.74, 6) is 0.259. The summed E-state index contributed by atoms with van der Waals surface area (Å²) in [6.07, 6.45) is 0.354. The van der Waals surface area contributed by atoms with Gasteiger partial charge in [-0.3, -0.25) is 0 Å². The first kappa shape index (κ1) is 18.3. The smallest absolute Gasteiger partial charge is 0.314 e. The Morgan fingerprint density at radius 2 is 1.73 bits per heavy atom. The molecule has 0 aliphatic rings. The molecule has 0 bridgehead atoms. The molecule has 0 saturated heterocycles. The topological polar surface area (TPSA) is 64.6 Å². The highest BCUT2D eigenvalue weighted by Crippen LogP contribution is 2.13. The summed E-state index contributed by atoms with van der Waals surface area (Å²) in [6.45, 7) is 6.99. The van der Waals surface area contributed by atoms with Gasteiger partial charge in [0.05, 0.1) is 6.10 Å². The zero-order valence-corrected chi connectivity index (χ0v) is 14.0. The minimum Gasteiger partial charge on any atom is -0.393 e. The maximum absolute atomic E-state index is 11.8. The minimum atomic E-state index is -0.334. The monoisotopic (exact) mass is 307 g/mol. The van der Waals surface area contributed by atoms with E-state index in [2.05, 4.69) is 22.5 Å². The van der Waals surface area contributed by atoms with Crippen LogP contribution < -0.4 is 15.5 Å². The largest absolute Gasteiger partial charge is 0.393 e. The number of rotatable bonds is 8. The highest BCUT2D eigenvalue weighted by atomic mass is 16.3. The number of para-hydroxylation sites is 1. The Balaban J connectivity index is 2.28. The van der Waals surface area contributed by atoms with E-state index >= 15 is 0 Å². The van der Waals surface area contributed by atoms with Gasteiger partial charge < -0.3 is 20.6 Å². The van der Waals surface area contributed by atoms with Crippen LogP contribution in [-0.4, -0.2) is 43.4 Å². The maximum Gasteiger partial charge on any atom is 0.314 e. The molecule has 5 nitrogen and oxygen atoms in total. The number of carbonyl (C=O) groups excluding carboxylic acids is 1. The van der Waals surface area contributed by atoms with Crippen molar-refractivity contribution in [3.63, 3.8) is 0 Å². The van der Waals surface area contributed by atoms with Gasteiger partial charge in [0, 0.05) is 31.9 Å². The van der Waals surface area contributed by atoms with Crippen LogP contribution in [0.5, 0.6) is 0 Å². The van der Waals surface area contributed by atoms with E-state index in [1.807, 2.05) is 44.3 Å². The third-order valence-corrected chi connectivity index (χ3v) is 3.74. The number of likely N-dealkylation sites (N-methyl/N-ethyl adjacent to an activating group) is 1. The minimum absolute atomic E-state index is 0.161. The number of aliphatic hydroxyl groups excluding tert-OH is 1. The van der Waals surface area contributed by atoms with E-state index < -0.39 is 0 Å². The van der Waals surface area contributed by atoms with Crippen molar-refractivity contribution < 1.29 is 9.90 Å². The Labute approximate surface area is 133 Å². The lowest BCUT2D eigenvalue weighted by molar-refractivity contribution is 0.163. The van der Waals surface area contributed by atoms with Gasteiger partial charge in [-0.1, -0.05) is 25.1 Å². The quantitative estimate of drug-likeness (QED) is 0.690. The lowest BCUT2D eigenvalue weighted by Crippen LogP contribution is -2.45. The van der Waals surface area contributed by atoms with Crippen LogP contribution in [0.3, 0.4) is 0 Å². The molecule has 0 spiro atoms. The first-order valence-electron chi connectivity index (χ1n) is 7.87. The fourth-order valence-corrected chi connectivity index (χ4v) is 2.29. The lowest BCUT2D eigenvalue weighted by Gasteiger charge is -2.27. The molecular weight excluding hydrogens is 278 g/mol. The zero-order chi connectivity index (χ0) is 16.5.